The van der Waals surface area contributed by atoms with Crippen LogP contribution in [0.25, 0.3) is 11.0 Å². The Labute approximate surface area is 259 Å². The minimum absolute atomic E-state index is 0.0499. The Morgan fingerprint density at radius 1 is 1.11 bits per heavy atom. The molecule has 0 bridgehead atoms. The molecule has 0 unspecified atom stereocenters. The van der Waals surface area contributed by atoms with Gasteiger partial charge in [-0.25, -0.2) is 9.59 Å². The zero-order chi connectivity index (χ0) is 32.3. The number of nitrogens with zero attached hydrogens (tertiary/aromatic N) is 1. The third kappa shape index (κ3) is 9.29. The van der Waals surface area contributed by atoms with Gasteiger partial charge >= 0.3 is 11.7 Å². The molecule has 14 heteroatoms. The fourth-order valence-electron chi connectivity index (χ4n) is 5.06. The van der Waals surface area contributed by atoms with Crippen molar-refractivity contribution in [3.8, 4) is 0 Å². The fourth-order valence-corrected chi connectivity index (χ4v) is 5.06. The normalized spacial score (nSPS) is 14.8. The first kappa shape index (κ1) is 32.5. The minimum atomic E-state index is -0.991. The molecule has 0 saturated carbocycles. The topological polar surface area (TPSA) is 209 Å². The lowest BCUT2D eigenvalue weighted by Gasteiger charge is -2.26. The third-order valence-corrected chi connectivity index (χ3v) is 7.31. The van der Waals surface area contributed by atoms with Crippen LogP contribution in [0, 0.1) is 12.3 Å². The van der Waals surface area contributed by atoms with Crippen LogP contribution in [0.2, 0.25) is 0 Å². The maximum absolute atomic E-state index is 13.4. The molecule has 1 aliphatic heterocycles. The summed E-state index contributed by atoms with van der Waals surface area (Å²) in [4.78, 5) is 65.1. The fraction of sp³-hybridized carbons (Fsp3) is 0.355. The number of anilines is 1. The second kappa shape index (κ2) is 15.4. The van der Waals surface area contributed by atoms with Crippen LogP contribution in [0.1, 0.15) is 36.8 Å². The summed E-state index contributed by atoms with van der Waals surface area (Å²) in [6.07, 6.45) is 0.801. The lowest BCUT2D eigenvalue weighted by Crippen LogP contribution is -2.53. The molecule has 0 aliphatic carbocycles. The number of carbonyl (C=O) groups excluding carboxylic acids is 4. The zero-order valence-corrected chi connectivity index (χ0v) is 24.9. The van der Waals surface area contributed by atoms with Gasteiger partial charge in [0.15, 0.2) is 5.96 Å². The monoisotopic (exact) mass is 619 g/mol. The van der Waals surface area contributed by atoms with E-state index in [1.54, 1.807) is 31.2 Å². The van der Waals surface area contributed by atoms with Crippen LogP contribution in [0.3, 0.4) is 0 Å². The maximum atomic E-state index is 13.4. The molecule has 0 spiro atoms. The van der Waals surface area contributed by atoms with E-state index >= 15 is 0 Å². The van der Waals surface area contributed by atoms with Crippen molar-refractivity contribution < 1.29 is 28.3 Å². The molecule has 2 aromatic carbocycles. The van der Waals surface area contributed by atoms with E-state index in [-0.39, 0.29) is 25.5 Å². The Hall–Kier alpha value is -5.40. The Morgan fingerprint density at radius 2 is 1.89 bits per heavy atom. The van der Waals surface area contributed by atoms with Crippen LogP contribution >= 0.6 is 0 Å². The number of benzene rings is 2. The number of alkyl carbamates (subject to hydrolysis) is 1. The van der Waals surface area contributed by atoms with E-state index in [2.05, 4.69) is 21.3 Å². The maximum Gasteiger partial charge on any atom is 0.407 e. The van der Waals surface area contributed by atoms with Crippen molar-refractivity contribution in [3.05, 3.63) is 76.1 Å². The summed E-state index contributed by atoms with van der Waals surface area (Å²) < 4.78 is 10.4. The van der Waals surface area contributed by atoms with Crippen LogP contribution in [-0.4, -0.2) is 66.4 Å². The predicted molar refractivity (Wildman–Crippen MR) is 166 cm³/mol. The molecular weight excluding hydrogens is 582 g/mol. The number of carbonyl (C=O) groups is 4. The second-order valence-corrected chi connectivity index (χ2v) is 10.7. The first-order chi connectivity index (χ1) is 21.6. The largest absolute Gasteiger partial charge is 0.445 e. The highest BCUT2D eigenvalue weighted by Crippen LogP contribution is 2.22. The van der Waals surface area contributed by atoms with Crippen LogP contribution in [0.15, 0.2) is 63.8 Å². The van der Waals surface area contributed by atoms with E-state index in [0.29, 0.717) is 43.6 Å². The van der Waals surface area contributed by atoms with Gasteiger partial charge in [0.05, 0.1) is 0 Å². The molecule has 2 atom stereocenters. The first-order valence-electron chi connectivity index (χ1n) is 14.6. The number of guanidine groups is 1. The smallest absolute Gasteiger partial charge is 0.407 e. The van der Waals surface area contributed by atoms with E-state index in [0.717, 1.165) is 16.5 Å². The van der Waals surface area contributed by atoms with Gasteiger partial charge in [-0.05, 0) is 55.9 Å². The molecule has 238 valence electrons. The molecule has 14 nitrogen and oxygen atoms in total. The number of hydrogen-bond donors (Lipinski definition) is 6. The number of aryl methyl sites for hydroxylation is 1. The summed E-state index contributed by atoms with van der Waals surface area (Å²) in [7, 11) is 0. The van der Waals surface area contributed by atoms with Crippen LogP contribution in [0.4, 0.5) is 10.5 Å². The quantitative estimate of drug-likeness (QED) is 0.0753. The van der Waals surface area contributed by atoms with Crippen molar-refractivity contribution in [2.75, 3.05) is 25.0 Å². The number of nitrogens with two attached hydrogens (primary N) is 1. The van der Waals surface area contributed by atoms with E-state index < -0.39 is 41.5 Å². The lowest BCUT2D eigenvalue weighted by molar-refractivity contribution is -0.138. The molecule has 4 amide bonds. The van der Waals surface area contributed by atoms with E-state index in [4.69, 9.17) is 20.3 Å². The summed E-state index contributed by atoms with van der Waals surface area (Å²) in [5.41, 5.74) is 7.05. The molecule has 2 heterocycles. The van der Waals surface area contributed by atoms with Crippen molar-refractivity contribution >= 4 is 46.4 Å². The molecule has 7 N–H and O–H groups in total. The third-order valence-electron chi connectivity index (χ3n) is 7.31. The number of hydrogen-bond acceptors (Lipinski definition) is 8. The van der Waals surface area contributed by atoms with Gasteiger partial charge in [-0.3, -0.25) is 19.8 Å². The molecular formula is C31H37N7O7. The highest BCUT2D eigenvalue weighted by molar-refractivity contribution is 5.99. The summed E-state index contributed by atoms with van der Waals surface area (Å²) in [5, 5.41) is 18.7. The Morgan fingerprint density at radius 3 is 2.64 bits per heavy atom. The molecule has 1 fully saturated rings. The Kier molecular flexibility index (Phi) is 11.1. The van der Waals surface area contributed by atoms with Gasteiger partial charge in [0, 0.05) is 36.3 Å². The summed E-state index contributed by atoms with van der Waals surface area (Å²) >= 11 is 0. The van der Waals surface area contributed by atoms with Gasteiger partial charge < -0.3 is 41.1 Å². The standard InChI is InChI=1S/C31H37N7O7/c1-19-15-27(40)45-25-16-21(11-12-22(19)25)36-28(41)23(9-5-13-34-30(32)33)37-29(42)24-10-6-14-38(24)26(39)17-35-31(43)44-18-20-7-3-2-4-8-20/h2-4,7-8,11-12,15-16,23-24H,5-6,9-10,13-14,17-18H2,1H3,(H,35,43)(H,36,41)(H,37,42)(H4,32,33,34)/t23-,24-/m0/s1. The van der Waals surface area contributed by atoms with Crippen molar-refractivity contribution in [2.24, 2.45) is 5.73 Å². The van der Waals surface area contributed by atoms with Gasteiger partial charge in [0.2, 0.25) is 17.7 Å². The predicted octanol–water partition coefficient (Wildman–Crippen LogP) is 1.71. The van der Waals surface area contributed by atoms with Gasteiger partial charge in [0.1, 0.15) is 30.8 Å². The highest BCUT2D eigenvalue weighted by atomic mass is 16.5. The SMILES string of the molecule is Cc1cc(=O)oc2cc(NC(=O)[C@H](CCCNC(=N)N)NC(=O)[C@@H]3CCCN3C(=O)CNC(=O)OCc3ccccc3)ccc12. The van der Waals surface area contributed by atoms with E-state index in [9.17, 15) is 24.0 Å². The minimum Gasteiger partial charge on any atom is -0.445 e. The van der Waals surface area contributed by atoms with Crippen LogP contribution < -0.4 is 32.6 Å². The van der Waals surface area contributed by atoms with Gasteiger partial charge in [-0.1, -0.05) is 30.3 Å². The summed E-state index contributed by atoms with van der Waals surface area (Å²) in [5.74, 6) is -1.69. The number of ether oxygens (including phenoxy) is 1. The average Bonchev–Trinajstić information content (AvgIpc) is 3.51. The van der Waals surface area contributed by atoms with E-state index in [1.807, 2.05) is 18.2 Å². The molecule has 45 heavy (non-hydrogen) atoms. The highest BCUT2D eigenvalue weighted by Gasteiger charge is 2.36. The summed E-state index contributed by atoms with van der Waals surface area (Å²) in [6.45, 7) is 2.10. The summed E-state index contributed by atoms with van der Waals surface area (Å²) in [6, 6.07) is 13.6. The molecule has 4 rings (SSSR count). The number of likely N-dealkylation sites (tertiary alicyclic amines) is 1. The Bertz CT molecular complexity index is 1610. The average molecular weight is 620 g/mol. The van der Waals surface area contributed by atoms with Crippen molar-refractivity contribution in [2.45, 2.75) is 51.3 Å². The molecule has 1 aliphatic rings. The van der Waals surface area contributed by atoms with Gasteiger partial charge in [-0.15, -0.1) is 0 Å². The van der Waals surface area contributed by atoms with Gasteiger partial charge in [-0.2, -0.15) is 0 Å². The number of rotatable bonds is 12. The zero-order valence-electron chi connectivity index (χ0n) is 24.9. The molecule has 0 radical (unpaired) electrons. The number of amides is 4. The van der Waals surface area contributed by atoms with Crippen LogP contribution in [0.5, 0.6) is 0 Å². The van der Waals surface area contributed by atoms with Crippen LogP contribution in [-0.2, 0) is 25.7 Å². The van der Waals surface area contributed by atoms with Crippen molar-refractivity contribution in [1.82, 2.24) is 20.9 Å². The Balaban J connectivity index is 1.37. The van der Waals surface area contributed by atoms with Crippen molar-refractivity contribution in [1.29, 1.82) is 5.41 Å². The molecule has 3 aromatic rings. The molecule has 1 aromatic heterocycles. The lowest BCUT2D eigenvalue weighted by atomic mass is 10.1. The number of fused-ring (bicyclic) bond motifs is 1. The number of nitrogens with one attached hydrogen (secondary N) is 5. The molecule has 1 saturated heterocycles. The first-order valence-corrected chi connectivity index (χ1v) is 14.6. The van der Waals surface area contributed by atoms with E-state index in [1.165, 1.54) is 17.0 Å². The second-order valence-electron chi connectivity index (χ2n) is 10.7. The van der Waals surface area contributed by atoms with Crippen molar-refractivity contribution in [3.63, 3.8) is 0 Å². The van der Waals surface area contributed by atoms with Gasteiger partial charge in [0.25, 0.3) is 0 Å².